The quantitative estimate of drug-likeness (QED) is 0.346. The summed E-state index contributed by atoms with van der Waals surface area (Å²) in [7, 11) is -4.55. The van der Waals surface area contributed by atoms with E-state index in [0.29, 0.717) is 17.3 Å². The molecule has 0 unspecified atom stereocenters. The predicted molar refractivity (Wildman–Crippen MR) is 77.1 cm³/mol. The number of fused-ring (bicyclic) bond motifs is 1. The van der Waals surface area contributed by atoms with E-state index >= 15 is 0 Å². The van der Waals surface area contributed by atoms with Gasteiger partial charge in [-0.3, -0.25) is 9.35 Å². The van der Waals surface area contributed by atoms with Crippen molar-refractivity contribution in [2.75, 3.05) is 6.54 Å². The molecule has 2 atom stereocenters. The molecule has 2 fully saturated rings. The van der Waals surface area contributed by atoms with E-state index in [-0.39, 0.29) is 37.5 Å². The smallest absolute Gasteiger partial charge is 1.00 e. The van der Waals surface area contributed by atoms with Crippen molar-refractivity contribution in [3.05, 3.63) is 35.9 Å². The van der Waals surface area contributed by atoms with Crippen molar-refractivity contribution in [3.8, 4) is 0 Å². The van der Waals surface area contributed by atoms with Gasteiger partial charge < -0.3 is 11.6 Å². The van der Waals surface area contributed by atoms with Gasteiger partial charge in [0.15, 0.2) is 0 Å². The van der Waals surface area contributed by atoms with Gasteiger partial charge in [0.05, 0.1) is 6.04 Å². The molecule has 1 aromatic carbocycles. The fraction of sp³-hybridized carbons (Fsp3) is 0.385. The Morgan fingerprint density at radius 2 is 2.00 bits per heavy atom. The second kappa shape index (κ2) is 6.78. The largest absolute Gasteiger partial charge is 1.00 e. The minimum Gasteiger partial charge on any atom is -1.00 e. The minimum absolute atomic E-state index is 0. The van der Waals surface area contributed by atoms with E-state index in [1.807, 2.05) is 30.3 Å². The molecule has 2 heterocycles. The number of carbonyl (C=O) groups is 2. The number of benzene rings is 1. The first-order valence-electron chi connectivity index (χ1n) is 6.78. The Morgan fingerprint density at radius 1 is 1.35 bits per heavy atom. The van der Waals surface area contributed by atoms with Gasteiger partial charge in [-0.05, 0) is 12.0 Å². The van der Waals surface area contributed by atoms with Crippen LogP contribution in [0.2, 0.25) is 0 Å². The fourth-order valence-corrected chi connectivity index (χ4v) is 3.82. The number of hydrogen-bond donors (Lipinski definition) is 2. The molecule has 0 spiro atoms. The Balaban J connectivity index is 0.00000144. The topological polar surface area (TPSA) is 107 Å². The molecule has 1 aromatic rings. The third kappa shape index (κ3) is 3.38. The third-order valence-corrected chi connectivity index (χ3v) is 4.88. The number of rotatable bonds is 3. The fourth-order valence-electron chi connectivity index (χ4n) is 2.92. The second-order valence-corrected chi connectivity index (χ2v) is 6.54. The number of carbonyl (C=O) groups excluding carboxylic acids is 2. The zero-order valence-corrected chi connectivity index (χ0v) is 15.4. The molecular weight excluding hydrogens is 333 g/mol. The van der Waals surface area contributed by atoms with E-state index in [0.717, 1.165) is 5.56 Å². The number of nitrogens with one attached hydrogen (secondary N) is 1. The zero-order valence-electron chi connectivity index (χ0n) is 13.5. The van der Waals surface area contributed by atoms with Crippen LogP contribution in [0.15, 0.2) is 30.3 Å². The van der Waals surface area contributed by atoms with Crippen LogP contribution < -0.4 is 34.9 Å². The Labute approximate surface area is 157 Å². The molecule has 0 aromatic heterocycles. The van der Waals surface area contributed by atoms with Crippen LogP contribution in [0.4, 0.5) is 4.79 Å². The Bertz CT molecular complexity index is 718. The van der Waals surface area contributed by atoms with Gasteiger partial charge in [-0.15, -0.1) is 0 Å². The molecule has 3 rings (SSSR count). The van der Waals surface area contributed by atoms with Crippen molar-refractivity contribution in [2.24, 2.45) is 0 Å². The van der Waals surface area contributed by atoms with Gasteiger partial charge in [-0.2, -0.15) is 8.42 Å². The van der Waals surface area contributed by atoms with Crippen LogP contribution in [0.1, 0.15) is 13.4 Å². The van der Waals surface area contributed by atoms with E-state index in [2.05, 4.69) is 5.32 Å². The summed E-state index contributed by atoms with van der Waals surface area (Å²) < 4.78 is 31.6. The predicted octanol–water partition coefficient (Wildman–Crippen LogP) is -2.90. The van der Waals surface area contributed by atoms with E-state index in [4.69, 9.17) is 4.55 Å². The summed E-state index contributed by atoms with van der Waals surface area (Å²) in [5.74, 6) is -0.764. The minimum atomic E-state index is -4.55. The van der Waals surface area contributed by atoms with Crippen LogP contribution in [0, 0.1) is 0 Å². The average Bonchev–Trinajstić information content (AvgIpc) is 2.83. The summed E-state index contributed by atoms with van der Waals surface area (Å²) >= 11 is 0. The number of likely N-dealkylation sites (tertiary alicyclic amines) is 1. The number of hydrogen-bond acceptors (Lipinski definition) is 4. The molecule has 0 radical (unpaired) electrons. The summed E-state index contributed by atoms with van der Waals surface area (Å²) in [6.07, 6.45) is 0.328. The second-order valence-electron chi connectivity index (χ2n) is 5.25. The summed E-state index contributed by atoms with van der Waals surface area (Å²) in [4.78, 5) is 25.3. The van der Waals surface area contributed by atoms with Gasteiger partial charge in [-0.1, -0.05) is 30.3 Å². The first-order chi connectivity index (χ1) is 10.4. The third-order valence-electron chi connectivity index (χ3n) is 3.93. The molecule has 23 heavy (non-hydrogen) atoms. The van der Waals surface area contributed by atoms with Crippen LogP contribution >= 0.6 is 0 Å². The summed E-state index contributed by atoms with van der Waals surface area (Å²) in [5, 5.41) is 2.70. The van der Waals surface area contributed by atoms with Crippen molar-refractivity contribution < 1.29 is 53.5 Å². The molecule has 2 N–H and O–H groups in total. The normalized spacial score (nSPS) is 22.9. The van der Waals surface area contributed by atoms with E-state index in [1.165, 1.54) is 4.90 Å². The van der Waals surface area contributed by atoms with E-state index < -0.39 is 34.3 Å². The summed E-state index contributed by atoms with van der Waals surface area (Å²) in [5.41, 5.74) is 0.922. The van der Waals surface area contributed by atoms with Crippen LogP contribution in [-0.4, -0.2) is 52.7 Å². The van der Waals surface area contributed by atoms with Crippen molar-refractivity contribution in [3.63, 3.8) is 0 Å². The van der Waals surface area contributed by atoms with Crippen LogP contribution in [0.3, 0.4) is 0 Å². The van der Waals surface area contributed by atoms with Crippen molar-refractivity contribution in [2.45, 2.75) is 25.0 Å². The SMILES string of the molecule is O=C(NCc1ccccc1)N1CC[C@@H]2[C@H]1C(=O)N2S(=O)(=O)O.[H-].[Na+]. The molecule has 2 aliphatic heterocycles. The van der Waals surface area contributed by atoms with Gasteiger partial charge in [0, 0.05) is 13.1 Å². The number of nitrogens with zero attached hydrogens (tertiary/aromatic N) is 2. The van der Waals surface area contributed by atoms with Crippen LogP contribution in [-0.2, 0) is 21.6 Å². The monoisotopic (exact) mass is 349 g/mol. The maximum atomic E-state index is 12.1. The van der Waals surface area contributed by atoms with Gasteiger partial charge in [0.25, 0.3) is 5.91 Å². The molecule has 0 saturated carbocycles. The van der Waals surface area contributed by atoms with E-state index in [9.17, 15) is 18.0 Å². The van der Waals surface area contributed by atoms with Gasteiger partial charge in [0.1, 0.15) is 6.04 Å². The first-order valence-corrected chi connectivity index (χ1v) is 8.18. The summed E-state index contributed by atoms with van der Waals surface area (Å²) in [6, 6.07) is 7.42. The van der Waals surface area contributed by atoms with Crippen molar-refractivity contribution >= 4 is 22.2 Å². The average molecular weight is 349 g/mol. The number of urea groups is 1. The van der Waals surface area contributed by atoms with E-state index in [1.54, 1.807) is 0 Å². The molecule has 3 amide bonds. The molecule has 10 heteroatoms. The summed E-state index contributed by atoms with van der Waals surface area (Å²) in [6.45, 7) is 0.595. The molecule has 0 aliphatic carbocycles. The van der Waals surface area contributed by atoms with Gasteiger partial charge >= 0.3 is 45.9 Å². The molecule has 2 aliphatic rings. The molecule has 2 saturated heterocycles. The number of amides is 3. The first kappa shape index (κ1) is 18.2. The van der Waals surface area contributed by atoms with Crippen LogP contribution in [0.5, 0.6) is 0 Å². The molecule has 0 bridgehead atoms. The van der Waals surface area contributed by atoms with Crippen LogP contribution in [0.25, 0.3) is 0 Å². The van der Waals surface area contributed by atoms with Crippen molar-refractivity contribution in [1.82, 2.24) is 14.5 Å². The Morgan fingerprint density at radius 3 is 2.61 bits per heavy atom. The van der Waals surface area contributed by atoms with Crippen molar-refractivity contribution in [1.29, 1.82) is 0 Å². The maximum absolute atomic E-state index is 12.1. The molecule has 8 nitrogen and oxygen atoms in total. The molecule has 120 valence electrons. The van der Waals surface area contributed by atoms with Gasteiger partial charge in [-0.25, -0.2) is 9.10 Å². The standard InChI is InChI=1S/C13H15N3O5S.Na.H/c17-12-11-10(16(12)22(19,20)21)6-7-15(11)13(18)14-8-9-4-2-1-3-5-9;;/h1-5,10-11H,6-8H2,(H,14,18)(H,19,20,21);;/q;+1;-1/t10-,11+;;/m1../s1. The Hall–Kier alpha value is -1.13. The zero-order chi connectivity index (χ0) is 15.9. The number of β-lactam (4-membered cyclic amide) rings is 1. The van der Waals surface area contributed by atoms with Gasteiger partial charge in [0.2, 0.25) is 0 Å². The molecular formula is C13H16N3NaO5S. The maximum Gasteiger partial charge on any atom is 1.00 e. The Kier molecular flexibility index (Phi) is 5.37.